The van der Waals surface area contributed by atoms with E-state index < -0.39 is 0 Å². The van der Waals surface area contributed by atoms with Crippen LogP contribution in [0.2, 0.25) is 0 Å². The maximum atomic E-state index is 5.82. The summed E-state index contributed by atoms with van der Waals surface area (Å²) in [6, 6.07) is 0.424. The van der Waals surface area contributed by atoms with Crippen LogP contribution in [0.4, 0.5) is 0 Å². The maximum absolute atomic E-state index is 5.82. The predicted octanol–water partition coefficient (Wildman–Crippen LogP) is 2.00. The molecule has 0 saturated carbocycles. The zero-order valence-corrected chi connectivity index (χ0v) is 6.14. The molecule has 0 aromatic carbocycles. The summed E-state index contributed by atoms with van der Waals surface area (Å²) in [6.07, 6.45) is 9.28. The van der Waals surface area contributed by atoms with E-state index in [1.165, 1.54) is 18.4 Å². The van der Waals surface area contributed by atoms with Crippen molar-refractivity contribution >= 4 is 0 Å². The summed E-state index contributed by atoms with van der Waals surface area (Å²) < 4.78 is 0. The van der Waals surface area contributed by atoms with Crippen molar-refractivity contribution < 1.29 is 1.43 Å². The molecule has 10 heavy (non-hydrogen) atoms. The third-order valence-corrected chi connectivity index (χ3v) is 2.38. The van der Waals surface area contributed by atoms with Crippen LogP contribution in [0.3, 0.4) is 0 Å². The lowest BCUT2D eigenvalue weighted by molar-refractivity contribution is 0.706. The van der Waals surface area contributed by atoms with Crippen molar-refractivity contribution in [2.24, 2.45) is 5.73 Å². The molecule has 1 unspecified atom stereocenters. The minimum Gasteiger partial charge on any atom is -0.327 e. The minimum atomic E-state index is 0. The molecule has 0 radical (unpaired) electrons. The van der Waals surface area contributed by atoms with Gasteiger partial charge < -0.3 is 5.73 Å². The molecule has 0 bridgehead atoms. The van der Waals surface area contributed by atoms with Gasteiger partial charge in [0, 0.05) is 7.47 Å². The van der Waals surface area contributed by atoms with E-state index in [4.69, 9.17) is 5.73 Å². The van der Waals surface area contributed by atoms with Crippen LogP contribution in [0, 0.1) is 0 Å². The minimum absolute atomic E-state index is 0. The van der Waals surface area contributed by atoms with Crippen LogP contribution in [-0.4, -0.2) is 6.04 Å². The number of hydrogen-bond donors (Lipinski definition) is 1. The van der Waals surface area contributed by atoms with Gasteiger partial charge in [-0.2, -0.15) is 0 Å². The van der Waals surface area contributed by atoms with Gasteiger partial charge in [0.05, 0.1) is 0 Å². The summed E-state index contributed by atoms with van der Waals surface area (Å²) in [5, 5.41) is 0. The Labute approximate surface area is 63.1 Å². The average molecular weight is 137 g/mol. The van der Waals surface area contributed by atoms with Crippen molar-refractivity contribution in [1.29, 1.82) is 0 Å². The van der Waals surface area contributed by atoms with Gasteiger partial charge >= 0.3 is 0 Å². The highest BCUT2D eigenvalue weighted by molar-refractivity contribution is 5.34. The lowest BCUT2D eigenvalue weighted by Gasteiger charge is -2.05. The molecule has 0 spiro atoms. The molecular weight excluding hydrogens is 122 g/mol. The first-order valence-corrected chi connectivity index (χ1v) is 3.99. The van der Waals surface area contributed by atoms with E-state index in [1.54, 1.807) is 5.57 Å². The van der Waals surface area contributed by atoms with Crippen LogP contribution < -0.4 is 5.73 Å². The molecule has 0 amide bonds. The Hall–Kier alpha value is -0.560. The Kier molecular flexibility index (Phi) is 1.38. The average Bonchev–Trinajstić information content (AvgIpc) is 2.27. The van der Waals surface area contributed by atoms with E-state index in [-0.39, 0.29) is 1.43 Å². The third-order valence-electron chi connectivity index (χ3n) is 2.38. The van der Waals surface area contributed by atoms with Crippen molar-refractivity contribution in [3.05, 3.63) is 23.3 Å². The number of rotatable bonds is 0. The van der Waals surface area contributed by atoms with Crippen LogP contribution in [0.5, 0.6) is 0 Å². The highest BCUT2D eigenvalue weighted by Crippen LogP contribution is 2.32. The van der Waals surface area contributed by atoms with Crippen molar-refractivity contribution in [1.82, 2.24) is 0 Å². The summed E-state index contributed by atoms with van der Waals surface area (Å²) in [5.74, 6) is 0. The third kappa shape index (κ3) is 0.907. The fourth-order valence-electron chi connectivity index (χ4n) is 1.88. The Morgan fingerprint density at radius 2 is 2.40 bits per heavy atom. The molecule has 56 valence electrons. The molecule has 2 N–H and O–H groups in total. The number of hydrogen-bond acceptors (Lipinski definition) is 1. The van der Waals surface area contributed by atoms with Crippen molar-refractivity contribution in [2.45, 2.75) is 31.7 Å². The van der Waals surface area contributed by atoms with Gasteiger partial charge in [-0.05, 0) is 31.3 Å². The zero-order valence-electron chi connectivity index (χ0n) is 6.14. The van der Waals surface area contributed by atoms with Crippen molar-refractivity contribution in [3.8, 4) is 0 Å². The lowest BCUT2D eigenvalue weighted by Crippen LogP contribution is -2.15. The molecule has 2 aliphatic carbocycles. The van der Waals surface area contributed by atoms with E-state index in [1.807, 2.05) is 0 Å². The highest BCUT2D eigenvalue weighted by atomic mass is 14.6. The molecule has 1 atom stereocenters. The van der Waals surface area contributed by atoms with Crippen molar-refractivity contribution in [3.63, 3.8) is 0 Å². The van der Waals surface area contributed by atoms with E-state index in [2.05, 4.69) is 12.2 Å². The second-order valence-electron chi connectivity index (χ2n) is 3.24. The Morgan fingerprint density at radius 1 is 1.50 bits per heavy atom. The van der Waals surface area contributed by atoms with Crippen molar-refractivity contribution in [2.75, 3.05) is 0 Å². The molecular formula is C9H15N. The molecule has 1 nitrogen and oxygen atoms in total. The summed E-state index contributed by atoms with van der Waals surface area (Å²) >= 11 is 0. The Balaban J connectivity index is 0.000000605. The molecule has 2 rings (SSSR count). The predicted molar refractivity (Wildman–Crippen MR) is 44.7 cm³/mol. The monoisotopic (exact) mass is 137 g/mol. The first-order valence-electron chi connectivity index (χ1n) is 3.99. The second kappa shape index (κ2) is 2.24. The molecule has 0 fully saturated rings. The van der Waals surface area contributed by atoms with E-state index >= 15 is 0 Å². The largest absolute Gasteiger partial charge is 0.327 e. The highest BCUT2D eigenvalue weighted by Gasteiger charge is 2.20. The standard InChI is InChI=1S/C9H13N.H2/c10-9-5-7-3-1-2-4-8(7)6-9;/h1,3,9H,2,4-6,10H2;1H. The molecule has 2 aliphatic rings. The van der Waals surface area contributed by atoms with E-state index in [9.17, 15) is 0 Å². The van der Waals surface area contributed by atoms with Gasteiger partial charge in [0.1, 0.15) is 0 Å². The first-order chi connectivity index (χ1) is 4.86. The zero-order chi connectivity index (χ0) is 6.97. The van der Waals surface area contributed by atoms with Gasteiger partial charge in [0.15, 0.2) is 0 Å². The van der Waals surface area contributed by atoms with Crippen LogP contribution in [0.1, 0.15) is 27.1 Å². The normalized spacial score (nSPS) is 31.1. The van der Waals surface area contributed by atoms with Gasteiger partial charge in [0.2, 0.25) is 0 Å². The topological polar surface area (TPSA) is 26.0 Å². The van der Waals surface area contributed by atoms with Crippen LogP contribution in [0.15, 0.2) is 23.3 Å². The molecule has 1 heteroatoms. The Bertz CT molecular complexity index is 206. The molecule has 0 saturated heterocycles. The molecule has 0 heterocycles. The summed E-state index contributed by atoms with van der Waals surface area (Å²) in [5.41, 5.74) is 8.97. The van der Waals surface area contributed by atoms with Gasteiger partial charge in [0.25, 0.3) is 0 Å². The van der Waals surface area contributed by atoms with Gasteiger partial charge in [-0.3, -0.25) is 0 Å². The van der Waals surface area contributed by atoms with Gasteiger partial charge in [-0.1, -0.05) is 17.7 Å². The van der Waals surface area contributed by atoms with Gasteiger partial charge in [-0.15, -0.1) is 0 Å². The summed E-state index contributed by atoms with van der Waals surface area (Å²) in [4.78, 5) is 0. The number of allylic oxidation sites excluding steroid dienone is 2. The maximum Gasteiger partial charge on any atom is 0.0117 e. The van der Waals surface area contributed by atoms with Gasteiger partial charge in [-0.25, -0.2) is 0 Å². The van der Waals surface area contributed by atoms with Crippen LogP contribution in [0.25, 0.3) is 0 Å². The smallest absolute Gasteiger partial charge is 0.0117 e. The second-order valence-corrected chi connectivity index (χ2v) is 3.24. The Morgan fingerprint density at radius 3 is 3.20 bits per heavy atom. The summed E-state index contributed by atoms with van der Waals surface area (Å²) in [7, 11) is 0. The van der Waals surface area contributed by atoms with Crippen LogP contribution >= 0.6 is 0 Å². The SMILES string of the molecule is NC1CC2=C(CCC=C2)C1.[HH]. The van der Waals surface area contributed by atoms with E-state index in [0.717, 1.165) is 12.8 Å². The van der Waals surface area contributed by atoms with Crippen LogP contribution in [-0.2, 0) is 0 Å². The fraction of sp³-hybridized carbons (Fsp3) is 0.556. The lowest BCUT2D eigenvalue weighted by atomic mass is 10.0. The molecule has 0 aromatic rings. The quantitative estimate of drug-likeness (QED) is 0.543. The van der Waals surface area contributed by atoms with E-state index in [0.29, 0.717) is 6.04 Å². The fourth-order valence-corrected chi connectivity index (χ4v) is 1.88. The molecule has 0 aliphatic heterocycles. The molecule has 0 aromatic heterocycles. The summed E-state index contributed by atoms with van der Waals surface area (Å²) in [6.45, 7) is 0. The number of nitrogens with two attached hydrogens (primary N) is 1. The first kappa shape index (κ1) is 6.17.